The fourth-order valence-electron chi connectivity index (χ4n) is 2.92. The van der Waals surface area contributed by atoms with Crippen LogP contribution in [0.2, 0.25) is 0 Å². The molecular weight excluding hydrogens is 373 g/mol. The van der Waals surface area contributed by atoms with Crippen molar-refractivity contribution in [1.29, 1.82) is 0 Å². The van der Waals surface area contributed by atoms with Gasteiger partial charge in [0.05, 0.1) is 12.3 Å². The first-order valence-corrected chi connectivity index (χ1v) is 9.40. The van der Waals surface area contributed by atoms with Crippen LogP contribution in [-0.4, -0.2) is 22.1 Å². The maximum Gasteiger partial charge on any atom is 0.254 e. The number of hydrogen-bond acceptors (Lipinski definition) is 4. The Labute approximate surface area is 168 Å². The first kappa shape index (κ1) is 20.3. The van der Waals surface area contributed by atoms with E-state index in [1.54, 1.807) is 30.3 Å². The predicted molar refractivity (Wildman–Crippen MR) is 110 cm³/mol. The van der Waals surface area contributed by atoms with Crippen LogP contribution in [0, 0.1) is 5.82 Å². The fraction of sp³-hybridized carbons (Fsp3) is 0.227. The Morgan fingerprint density at radius 3 is 2.66 bits per heavy atom. The number of benzene rings is 2. The Morgan fingerprint density at radius 2 is 1.93 bits per heavy atom. The molecule has 1 aromatic heterocycles. The summed E-state index contributed by atoms with van der Waals surface area (Å²) in [6.45, 7) is 3.92. The molecule has 3 rings (SSSR count). The van der Waals surface area contributed by atoms with Crippen LogP contribution in [0.1, 0.15) is 19.5 Å². The number of halogens is 1. The van der Waals surface area contributed by atoms with Crippen LogP contribution >= 0.6 is 0 Å². The van der Waals surface area contributed by atoms with Gasteiger partial charge in [-0.3, -0.25) is 14.2 Å². The minimum atomic E-state index is -0.444. The average Bonchev–Trinajstić information content (AvgIpc) is 2.71. The molecule has 0 atom stereocenters. The molecule has 0 unspecified atom stereocenters. The van der Waals surface area contributed by atoms with E-state index in [1.165, 1.54) is 28.8 Å². The molecule has 1 amide bonds. The molecule has 1 heterocycles. The molecule has 0 spiro atoms. The smallest absolute Gasteiger partial charge is 0.254 e. The Bertz CT molecular complexity index is 1080. The van der Waals surface area contributed by atoms with Crippen LogP contribution in [0.4, 0.5) is 10.1 Å². The summed E-state index contributed by atoms with van der Waals surface area (Å²) in [5.41, 5.74) is 1.15. The van der Waals surface area contributed by atoms with Crippen LogP contribution in [0.25, 0.3) is 11.4 Å². The molecule has 0 saturated carbocycles. The second kappa shape index (κ2) is 9.14. The first-order chi connectivity index (χ1) is 14.0. The van der Waals surface area contributed by atoms with Gasteiger partial charge in [-0.2, -0.15) is 0 Å². The minimum Gasteiger partial charge on any atom is -0.492 e. The fourth-order valence-corrected chi connectivity index (χ4v) is 2.92. The van der Waals surface area contributed by atoms with Crippen molar-refractivity contribution in [3.05, 3.63) is 76.5 Å². The third kappa shape index (κ3) is 4.87. The molecule has 2 aromatic carbocycles. The number of para-hydroxylation sites is 2. The summed E-state index contributed by atoms with van der Waals surface area (Å²) >= 11 is 0. The van der Waals surface area contributed by atoms with Gasteiger partial charge >= 0.3 is 0 Å². The number of carbonyl (C=O) groups is 1. The molecule has 0 aliphatic rings. The summed E-state index contributed by atoms with van der Waals surface area (Å²) in [7, 11) is 0. The van der Waals surface area contributed by atoms with Gasteiger partial charge in [-0.15, -0.1) is 0 Å². The van der Waals surface area contributed by atoms with Crippen molar-refractivity contribution in [1.82, 2.24) is 9.55 Å². The Morgan fingerprint density at radius 1 is 1.14 bits per heavy atom. The van der Waals surface area contributed by atoms with Gasteiger partial charge in [0.25, 0.3) is 5.56 Å². The zero-order chi connectivity index (χ0) is 20.8. The topological polar surface area (TPSA) is 73.2 Å². The van der Waals surface area contributed by atoms with E-state index in [4.69, 9.17) is 4.74 Å². The van der Waals surface area contributed by atoms with Gasteiger partial charge < -0.3 is 10.1 Å². The molecule has 7 heteroatoms. The zero-order valence-corrected chi connectivity index (χ0v) is 16.3. The lowest BCUT2D eigenvalue weighted by Gasteiger charge is -2.15. The molecular formula is C22H22FN3O3. The van der Waals surface area contributed by atoms with E-state index in [-0.39, 0.29) is 17.9 Å². The van der Waals surface area contributed by atoms with Gasteiger partial charge in [0.2, 0.25) is 5.91 Å². The summed E-state index contributed by atoms with van der Waals surface area (Å²) in [6.07, 6.45) is 0.548. The van der Waals surface area contributed by atoms with E-state index in [0.717, 1.165) is 0 Å². The van der Waals surface area contributed by atoms with Crippen molar-refractivity contribution in [3.8, 4) is 17.1 Å². The van der Waals surface area contributed by atoms with E-state index in [1.807, 2.05) is 13.8 Å². The van der Waals surface area contributed by atoms with Crippen molar-refractivity contribution >= 4 is 11.6 Å². The molecule has 29 heavy (non-hydrogen) atoms. The summed E-state index contributed by atoms with van der Waals surface area (Å²) in [5, 5.41) is 2.76. The number of rotatable bonds is 7. The predicted octanol–water partition coefficient (Wildman–Crippen LogP) is 3.65. The zero-order valence-electron chi connectivity index (χ0n) is 16.3. The van der Waals surface area contributed by atoms with Crippen LogP contribution in [0.15, 0.2) is 59.4 Å². The molecule has 1 N–H and O–H groups in total. The molecule has 150 valence electrons. The lowest BCUT2D eigenvalue weighted by atomic mass is 10.2. The summed E-state index contributed by atoms with van der Waals surface area (Å²) in [6, 6.07) is 14.2. The van der Waals surface area contributed by atoms with Crippen LogP contribution in [-0.2, 0) is 17.8 Å². The first-order valence-electron chi connectivity index (χ1n) is 9.40. The molecule has 3 aromatic rings. The Balaban J connectivity index is 1.94. The number of carbonyl (C=O) groups excluding carboxylic acids is 1. The van der Waals surface area contributed by atoms with Crippen molar-refractivity contribution in [2.75, 3.05) is 11.9 Å². The number of aryl methyl sites for hydroxylation is 1. The molecule has 0 saturated heterocycles. The lowest BCUT2D eigenvalue weighted by Crippen LogP contribution is -2.30. The van der Waals surface area contributed by atoms with Crippen LogP contribution in [0.3, 0.4) is 0 Å². The van der Waals surface area contributed by atoms with Gasteiger partial charge in [-0.25, -0.2) is 9.37 Å². The number of anilines is 1. The summed E-state index contributed by atoms with van der Waals surface area (Å²) in [4.78, 5) is 29.8. The Kier molecular flexibility index (Phi) is 6.39. The van der Waals surface area contributed by atoms with Crippen molar-refractivity contribution in [3.63, 3.8) is 0 Å². The molecule has 0 bridgehead atoms. The maximum absolute atomic E-state index is 13.7. The average molecular weight is 395 g/mol. The number of nitrogens with zero attached hydrogens (tertiary/aromatic N) is 2. The third-order valence-electron chi connectivity index (χ3n) is 4.27. The van der Waals surface area contributed by atoms with Gasteiger partial charge in [0, 0.05) is 17.3 Å². The minimum absolute atomic E-state index is 0.252. The summed E-state index contributed by atoms with van der Waals surface area (Å²) < 4.78 is 20.5. The van der Waals surface area contributed by atoms with Crippen molar-refractivity contribution < 1.29 is 13.9 Å². The van der Waals surface area contributed by atoms with E-state index < -0.39 is 11.7 Å². The standard InChI is InChI=1S/C22H22FN3O3/c1-3-17-13-21(28)26(22(24-17)15-8-7-9-16(23)12-15)14-20(27)25-18-10-5-6-11-19(18)29-4-2/h5-13H,3-4,14H2,1-2H3,(H,25,27). The van der Waals surface area contributed by atoms with Gasteiger partial charge in [0.1, 0.15) is 23.9 Å². The second-order valence-corrected chi connectivity index (χ2v) is 6.34. The van der Waals surface area contributed by atoms with E-state index >= 15 is 0 Å². The number of amides is 1. The molecule has 0 aliphatic heterocycles. The number of hydrogen-bond donors (Lipinski definition) is 1. The highest BCUT2D eigenvalue weighted by molar-refractivity contribution is 5.92. The van der Waals surface area contributed by atoms with E-state index in [9.17, 15) is 14.0 Å². The van der Waals surface area contributed by atoms with Crippen molar-refractivity contribution in [2.24, 2.45) is 0 Å². The normalized spacial score (nSPS) is 10.6. The number of aromatic nitrogens is 2. The highest BCUT2D eigenvalue weighted by Gasteiger charge is 2.15. The van der Waals surface area contributed by atoms with Gasteiger partial charge in [0.15, 0.2) is 0 Å². The maximum atomic E-state index is 13.7. The number of ether oxygens (including phenoxy) is 1. The SMILES string of the molecule is CCOc1ccccc1NC(=O)Cn1c(-c2cccc(F)c2)nc(CC)cc1=O. The highest BCUT2D eigenvalue weighted by Crippen LogP contribution is 2.24. The molecule has 6 nitrogen and oxygen atoms in total. The van der Waals surface area contributed by atoms with Gasteiger partial charge in [-0.05, 0) is 37.6 Å². The molecule has 0 aliphatic carbocycles. The largest absolute Gasteiger partial charge is 0.492 e. The second-order valence-electron chi connectivity index (χ2n) is 6.34. The summed E-state index contributed by atoms with van der Waals surface area (Å²) in [5.74, 6) is -0.0640. The van der Waals surface area contributed by atoms with Crippen LogP contribution < -0.4 is 15.6 Å². The molecule has 0 radical (unpaired) electrons. The van der Waals surface area contributed by atoms with Gasteiger partial charge in [-0.1, -0.05) is 31.2 Å². The van der Waals surface area contributed by atoms with E-state index in [2.05, 4.69) is 10.3 Å². The van der Waals surface area contributed by atoms with E-state index in [0.29, 0.717) is 35.7 Å². The monoisotopic (exact) mass is 395 g/mol. The third-order valence-corrected chi connectivity index (χ3v) is 4.27. The van der Waals surface area contributed by atoms with Crippen LogP contribution in [0.5, 0.6) is 5.75 Å². The highest BCUT2D eigenvalue weighted by atomic mass is 19.1. The number of nitrogens with one attached hydrogen (secondary N) is 1. The lowest BCUT2D eigenvalue weighted by molar-refractivity contribution is -0.116. The quantitative estimate of drug-likeness (QED) is 0.663. The Hall–Kier alpha value is -3.48. The molecule has 0 fully saturated rings. The van der Waals surface area contributed by atoms with Crippen molar-refractivity contribution in [2.45, 2.75) is 26.8 Å².